The molecule has 1 spiro atoms. The third-order valence-electron chi connectivity index (χ3n) is 4.98. The Morgan fingerprint density at radius 3 is 3.04 bits per heavy atom. The van der Waals surface area contributed by atoms with Crippen molar-refractivity contribution in [2.75, 3.05) is 31.6 Å². The molecule has 24 heavy (non-hydrogen) atoms. The predicted molar refractivity (Wildman–Crippen MR) is 92.4 cm³/mol. The molecule has 1 amide bonds. The van der Waals surface area contributed by atoms with Crippen LogP contribution in [0.2, 0.25) is 0 Å². The van der Waals surface area contributed by atoms with E-state index >= 15 is 0 Å². The number of aromatic nitrogens is 2. The van der Waals surface area contributed by atoms with Crippen LogP contribution in [0, 0.1) is 0 Å². The highest BCUT2D eigenvalue weighted by molar-refractivity contribution is 7.08. The molecule has 4 heterocycles. The van der Waals surface area contributed by atoms with E-state index in [1.807, 2.05) is 34.8 Å². The van der Waals surface area contributed by atoms with Crippen molar-refractivity contribution in [3.05, 3.63) is 40.8 Å². The lowest BCUT2D eigenvalue weighted by Gasteiger charge is -2.26. The van der Waals surface area contributed by atoms with Gasteiger partial charge in [-0.1, -0.05) is 0 Å². The van der Waals surface area contributed by atoms with Crippen molar-refractivity contribution in [3.63, 3.8) is 0 Å². The fourth-order valence-electron chi connectivity index (χ4n) is 3.58. The largest absolute Gasteiger partial charge is 0.371 e. The van der Waals surface area contributed by atoms with Gasteiger partial charge in [0.1, 0.15) is 0 Å². The number of likely N-dealkylation sites (N-methyl/N-ethyl adjacent to an activating group) is 1. The lowest BCUT2D eigenvalue weighted by Crippen LogP contribution is -2.38. The molecule has 2 atom stereocenters. The zero-order valence-electron chi connectivity index (χ0n) is 13.6. The lowest BCUT2D eigenvalue weighted by atomic mass is 9.97. The van der Waals surface area contributed by atoms with Gasteiger partial charge in [-0.05, 0) is 23.9 Å². The van der Waals surface area contributed by atoms with Crippen LogP contribution in [0.5, 0.6) is 0 Å². The van der Waals surface area contributed by atoms with Gasteiger partial charge in [-0.2, -0.15) is 11.3 Å². The molecule has 0 aliphatic carbocycles. The summed E-state index contributed by atoms with van der Waals surface area (Å²) in [7, 11) is 2.01. The zero-order valence-corrected chi connectivity index (χ0v) is 14.4. The van der Waals surface area contributed by atoms with E-state index in [9.17, 15) is 4.79 Å². The number of hydrogen-bond donors (Lipinski definition) is 0. The molecule has 126 valence electrons. The summed E-state index contributed by atoms with van der Waals surface area (Å²) in [6, 6.07) is 3.94. The highest BCUT2D eigenvalue weighted by atomic mass is 32.1. The molecule has 2 aromatic rings. The Bertz CT molecular complexity index is 709. The fraction of sp³-hybridized carbons (Fsp3) is 0.471. The van der Waals surface area contributed by atoms with Crippen LogP contribution in [-0.2, 0) is 4.74 Å². The average molecular weight is 344 g/mol. The number of amides is 1. The molecule has 0 bridgehead atoms. The maximum absolute atomic E-state index is 12.5. The third kappa shape index (κ3) is 2.78. The SMILES string of the molecule is CN(c1ncccn1)[C@@H]1CO[C@@]2(CCN(C(=O)c3ccsc3)C2)C1. The quantitative estimate of drug-likeness (QED) is 0.853. The van der Waals surface area contributed by atoms with Gasteiger partial charge in [-0.3, -0.25) is 4.79 Å². The Kier molecular flexibility index (Phi) is 3.97. The van der Waals surface area contributed by atoms with Gasteiger partial charge in [0.15, 0.2) is 0 Å². The molecule has 2 aliphatic rings. The number of carbonyl (C=O) groups excluding carboxylic acids is 1. The van der Waals surface area contributed by atoms with E-state index in [1.165, 1.54) is 0 Å². The first kappa shape index (κ1) is 15.5. The fourth-order valence-corrected chi connectivity index (χ4v) is 4.21. The molecule has 2 aliphatic heterocycles. The van der Waals surface area contributed by atoms with Gasteiger partial charge >= 0.3 is 0 Å². The maximum atomic E-state index is 12.5. The summed E-state index contributed by atoms with van der Waals surface area (Å²) in [5.41, 5.74) is 0.556. The molecule has 4 rings (SSSR count). The molecule has 0 saturated carbocycles. The molecule has 0 unspecified atom stereocenters. The monoisotopic (exact) mass is 344 g/mol. The number of anilines is 1. The van der Waals surface area contributed by atoms with Crippen molar-refractivity contribution < 1.29 is 9.53 Å². The molecule has 2 fully saturated rings. The van der Waals surface area contributed by atoms with Crippen LogP contribution in [0.3, 0.4) is 0 Å². The molecule has 0 radical (unpaired) electrons. The summed E-state index contributed by atoms with van der Waals surface area (Å²) in [6.45, 7) is 2.07. The first-order valence-electron chi connectivity index (χ1n) is 8.12. The highest BCUT2D eigenvalue weighted by Crippen LogP contribution is 2.37. The van der Waals surface area contributed by atoms with E-state index in [-0.39, 0.29) is 17.6 Å². The van der Waals surface area contributed by atoms with Crippen molar-refractivity contribution in [2.45, 2.75) is 24.5 Å². The Morgan fingerprint density at radius 1 is 1.46 bits per heavy atom. The van der Waals surface area contributed by atoms with Gasteiger partial charge in [0.2, 0.25) is 5.95 Å². The number of rotatable bonds is 3. The average Bonchev–Trinajstić information content (AvgIpc) is 3.37. The van der Waals surface area contributed by atoms with Crippen LogP contribution >= 0.6 is 11.3 Å². The Balaban J connectivity index is 1.42. The number of likely N-dealkylation sites (tertiary alicyclic amines) is 1. The van der Waals surface area contributed by atoms with E-state index < -0.39 is 0 Å². The van der Waals surface area contributed by atoms with Gasteiger partial charge in [-0.25, -0.2) is 9.97 Å². The van der Waals surface area contributed by atoms with Gasteiger partial charge in [-0.15, -0.1) is 0 Å². The van der Waals surface area contributed by atoms with Gasteiger partial charge in [0.05, 0.1) is 30.4 Å². The van der Waals surface area contributed by atoms with E-state index in [0.29, 0.717) is 19.1 Å². The minimum Gasteiger partial charge on any atom is -0.371 e. The van der Waals surface area contributed by atoms with Gasteiger partial charge in [0, 0.05) is 37.8 Å². The number of nitrogens with zero attached hydrogens (tertiary/aromatic N) is 4. The predicted octanol–water partition coefficient (Wildman–Crippen LogP) is 2.05. The van der Waals surface area contributed by atoms with E-state index in [4.69, 9.17) is 4.74 Å². The minimum absolute atomic E-state index is 0.111. The molecule has 7 heteroatoms. The van der Waals surface area contributed by atoms with Crippen LogP contribution < -0.4 is 4.90 Å². The number of thiophene rings is 1. The topological polar surface area (TPSA) is 58.6 Å². The Morgan fingerprint density at radius 2 is 2.29 bits per heavy atom. The second kappa shape index (κ2) is 6.14. The second-order valence-corrected chi connectivity index (χ2v) is 7.28. The first-order chi connectivity index (χ1) is 11.7. The van der Waals surface area contributed by atoms with E-state index in [1.54, 1.807) is 23.7 Å². The van der Waals surface area contributed by atoms with E-state index in [0.717, 1.165) is 24.9 Å². The van der Waals surface area contributed by atoms with Crippen LogP contribution in [0.1, 0.15) is 23.2 Å². The van der Waals surface area contributed by atoms with Crippen LogP contribution in [-0.4, -0.2) is 59.2 Å². The molecule has 6 nitrogen and oxygen atoms in total. The molecule has 2 aromatic heterocycles. The Hall–Kier alpha value is -1.99. The minimum atomic E-state index is -0.223. The number of carbonyl (C=O) groups is 1. The summed E-state index contributed by atoms with van der Waals surface area (Å²) in [4.78, 5) is 25.2. The standard InChI is InChI=1S/C17H20N4O2S/c1-20(16-18-5-2-6-19-16)14-9-17(23-10-14)4-7-21(12-17)15(22)13-3-8-24-11-13/h2-3,5-6,8,11,14H,4,7,9-10,12H2,1H3/t14-,17-/m0/s1. The van der Waals surface area contributed by atoms with Crippen LogP contribution in [0.15, 0.2) is 35.3 Å². The summed E-state index contributed by atoms with van der Waals surface area (Å²) < 4.78 is 6.17. The molecule has 0 N–H and O–H groups in total. The lowest BCUT2D eigenvalue weighted by molar-refractivity contribution is 0.0123. The second-order valence-electron chi connectivity index (χ2n) is 6.50. The first-order valence-corrected chi connectivity index (χ1v) is 9.06. The van der Waals surface area contributed by atoms with Gasteiger partial charge < -0.3 is 14.5 Å². The highest BCUT2D eigenvalue weighted by Gasteiger charge is 2.48. The summed E-state index contributed by atoms with van der Waals surface area (Å²) in [6.07, 6.45) is 5.29. The molecule has 2 saturated heterocycles. The normalized spacial score (nSPS) is 26.2. The number of ether oxygens (including phenoxy) is 1. The van der Waals surface area contributed by atoms with Crippen molar-refractivity contribution in [2.24, 2.45) is 0 Å². The smallest absolute Gasteiger partial charge is 0.254 e. The summed E-state index contributed by atoms with van der Waals surface area (Å²) >= 11 is 1.55. The number of hydrogen-bond acceptors (Lipinski definition) is 6. The maximum Gasteiger partial charge on any atom is 0.254 e. The van der Waals surface area contributed by atoms with Gasteiger partial charge in [0.25, 0.3) is 5.91 Å². The summed E-state index contributed by atoms with van der Waals surface area (Å²) in [5.74, 6) is 0.826. The third-order valence-corrected chi connectivity index (χ3v) is 5.66. The van der Waals surface area contributed by atoms with Crippen molar-refractivity contribution >= 4 is 23.2 Å². The Labute approximate surface area is 145 Å². The molecule has 0 aromatic carbocycles. The van der Waals surface area contributed by atoms with E-state index in [2.05, 4.69) is 14.9 Å². The zero-order chi connectivity index (χ0) is 16.6. The van der Waals surface area contributed by atoms with Crippen LogP contribution in [0.25, 0.3) is 0 Å². The molecular formula is C17H20N4O2S. The van der Waals surface area contributed by atoms with Crippen molar-refractivity contribution in [1.29, 1.82) is 0 Å². The molecular weight excluding hydrogens is 324 g/mol. The van der Waals surface area contributed by atoms with Crippen LogP contribution in [0.4, 0.5) is 5.95 Å². The van der Waals surface area contributed by atoms with Crippen molar-refractivity contribution in [3.8, 4) is 0 Å². The van der Waals surface area contributed by atoms with Crippen molar-refractivity contribution in [1.82, 2.24) is 14.9 Å². The summed E-state index contributed by atoms with van der Waals surface area (Å²) in [5, 5.41) is 3.85.